The second-order valence-corrected chi connectivity index (χ2v) is 9.54. The highest BCUT2D eigenvalue weighted by Gasteiger charge is 2.33. The van der Waals surface area contributed by atoms with Gasteiger partial charge in [-0.1, -0.05) is 18.7 Å². The molecule has 0 unspecified atom stereocenters. The summed E-state index contributed by atoms with van der Waals surface area (Å²) in [7, 11) is -2.98. The van der Waals surface area contributed by atoms with Gasteiger partial charge in [0.25, 0.3) is 5.22 Å². The zero-order chi connectivity index (χ0) is 16.4. The second-order valence-electron chi connectivity index (χ2n) is 6.38. The fourth-order valence-corrected chi connectivity index (χ4v) is 5.47. The number of likely N-dealkylation sites (tertiary alicyclic amines) is 1. The molecule has 2 atom stereocenters. The highest BCUT2D eigenvalue weighted by molar-refractivity contribution is 7.99. The Kier molecular flexibility index (Phi) is 4.96. The quantitative estimate of drug-likeness (QED) is 0.748. The van der Waals surface area contributed by atoms with Gasteiger partial charge in [0.2, 0.25) is 11.8 Å². The third-order valence-electron chi connectivity index (χ3n) is 4.33. The van der Waals surface area contributed by atoms with Gasteiger partial charge in [-0.05, 0) is 25.2 Å². The number of piperidine rings is 1. The first-order valence-electron chi connectivity index (χ1n) is 7.87. The third kappa shape index (κ3) is 4.26. The molecule has 7 nitrogen and oxygen atoms in total. The number of sulfone groups is 1. The molecule has 1 amide bonds. The molecule has 0 saturated carbocycles. The molecular weight excluding hydrogens is 338 g/mol. The SMILES string of the molecule is C[C@@H]1CCCN(C(=O)CSc2nnc([C@H]3CCS(=O)(=O)C3)o2)C1. The van der Waals surface area contributed by atoms with Crippen LogP contribution in [0.1, 0.15) is 38.0 Å². The molecule has 2 fully saturated rings. The van der Waals surface area contributed by atoms with Crippen LogP contribution in [-0.4, -0.2) is 59.8 Å². The van der Waals surface area contributed by atoms with Gasteiger partial charge < -0.3 is 9.32 Å². The molecule has 0 bridgehead atoms. The minimum atomic E-state index is -2.98. The molecule has 1 aromatic rings. The zero-order valence-electron chi connectivity index (χ0n) is 13.1. The molecule has 2 saturated heterocycles. The third-order valence-corrected chi connectivity index (χ3v) is 6.90. The lowest BCUT2D eigenvalue weighted by atomic mass is 10.0. The summed E-state index contributed by atoms with van der Waals surface area (Å²) < 4.78 is 28.5. The van der Waals surface area contributed by atoms with Crippen LogP contribution in [0.3, 0.4) is 0 Å². The zero-order valence-corrected chi connectivity index (χ0v) is 14.7. The van der Waals surface area contributed by atoms with Gasteiger partial charge in [0.05, 0.1) is 23.2 Å². The first-order chi connectivity index (χ1) is 10.9. The molecule has 0 aliphatic carbocycles. The van der Waals surface area contributed by atoms with Crippen LogP contribution in [0.4, 0.5) is 0 Å². The van der Waals surface area contributed by atoms with Crippen LogP contribution in [-0.2, 0) is 14.6 Å². The second kappa shape index (κ2) is 6.80. The summed E-state index contributed by atoms with van der Waals surface area (Å²) in [5.74, 6) is 1.32. The van der Waals surface area contributed by atoms with Crippen molar-refractivity contribution in [3.8, 4) is 0 Å². The topological polar surface area (TPSA) is 93.4 Å². The van der Waals surface area contributed by atoms with Crippen molar-refractivity contribution >= 4 is 27.5 Å². The molecule has 0 radical (unpaired) electrons. The molecule has 1 aromatic heterocycles. The number of hydrogen-bond donors (Lipinski definition) is 0. The van der Waals surface area contributed by atoms with E-state index >= 15 is 0 Å². The van der Waals surface area contributed by atoms with E-state index in [2.05, 4.69) is 17.1 Å². The van der Waals surface area contributed by atoms with Crippen LogP contribution < -0.4 is 0 Å². The molecule has 128 valence electrons. The van der Waals surface area contributed by atoms with Crippen molar-refractivity contribution in [1.29, 1.82) is 0 Å². The number of carbonyl (C=O) groups excluding carboxylic acids is 1. The van der Waals surface area contributed by atoms with Gasteiger partial charge in [-0.15, -0.1) is 10.2 Å². The number of carbonyl (C=O) groups is 1. The standard InChI is InChI=1S/C14H21N3O4S2/c1-10-3-2-5-17(7-10)12(18)8-22-14-16-15-13(21-14)11-4-6-23(19,20)9-11/h10-11H,2-9H2,1H3/t10-,11+/m1/s1. The Bertz CT molecular complexity index is 673. The highest BCUT2D eigenvalue weighted by Crippen LogP contribution is 2.29. The van der Waals surface area contributed by atoms with Crippen molar-refractivity contribution in [3.05, 3.63) is 5.89 Å². The Morgan fingerprint density at radius 2 is 2.22 bits per heavy atom. The molecular formula is C14H21N3O4S2. The van der Waals surface area contributed by atoms with E-state index in [1.54, 1.807) is 0 Å². The first kappa shape index (κ1) is 16.8. The van der Waals surface area contributed by atoms with E-state index in [1.807, 2.05) is 4.90 Å². The Labute approximate surface area is 140 Å². The summed E-state index contributed by atoms with van der Waals surface area (Å²) in [6.07, 6.45) is 2.76. The largest absolute Gasteiger partial charge is 0.416 e. The van der Waals surface area contributed by atoms with E-state index in [9.17, 15) is 13.2 Å². The Hall–Kier alpha value is -1.09. The molecule has 0 spiro atoms. The van der Waals surface area contributed by atoms with Crippen molar-refractivity contribution in [3.63, 3.8) is 0 Å². The van der Waals surface area contributed by atoms with Gasteiger partial charge in [-0.2, -0.15) is 0 Å². The lowest BCUT2D eigenvalue weighted by Gasteiger charge is -2.30. The predicted octanol–water partition coefficient (Wildman–Crippen LogP) is 1.32. The van der Waals surface area contributed by atoms with E-state index in [0.717, 1.165) is 19.5 Å². The van der Waals surface area contributed by atoms with E-state index in [1.165, 1.54) is 18.2 Å². The maximum Gasteiger partial charge on any atom is 0.277 e. The average molecular weight is 359 g/mol. The maximum atomic E-state index is 12.2. The number of rotatable bonds is 4. The number of thioether (sulfide) groups is 1. The van der Waals surface area contributed by atoms with Crippen LogP contribution in [0.25, 0.3) is 0 Å². The summed E-state index contributed by atoms with van der Waals surface area (Å²) in [4.78, 5) is 14.1. The fraction of sp³-hybridized carbons (Fsp3) is 0.786. The number of hydrogen-bond acceptors (Lipinski definition) is 7. The van der Waals surface area contributed by atoms with Crippen molar-refractivity contribution in [2.75, 3.05) is 30.3 Å². The van der Waals surface area contributed by atoms with Crippen LogP contribution in [0, 0.1) is 5.92 Å². The lowest BCUT2D eigenvalue weighted by molar-refractivity contribution is -0.130. The van der Waals surface area contributed by atoms with E-state index < -0.39 is 9.84 Å². The number of amides is 1. The fourth-order valence-electron chi connectivity index (χ4n) is 3.06. The number of aromatic nitrogens is 2. The monoisotopic (exact) mass is 359 g/mol. The number of nitrogens with zero attached hydrogens (tertiary/aromatic N) is 3. The molecule has 3 rings (SSSR count). The summed E-state index contributed by atoms with van der Waals surface area (Å²) in [5, 5.41) is 8.20. The van der Waals surface area contributed by atoms with E-state index in [0.29, 0.717) is 23.5 Å². The Balaban J connectivity index is 1.52. The summed E-state index contributed by atoms with van der Waals surface area (Å²) in [5.41, 5.74) is 0. The minimum Gasteiger partial charge on any atom is -0.416 e. The van der Waals surface area contributed by atoms with Crippen LogP contribution in [0.2, 0.25) is 0 Å². The Morgan fingerprint density at radius 1 is 1.39 bits per heavy atom. The van der Waals surface area contributed by atoms with Gasteiger partial charge in [0, 0.05) is 13.1 Å². The first-order valence-corrected chi connectivity index (χ1v) is 10.7. The van der Waals surface area contributed by atoms with Crippen molar-refractivity contribution < 1.29 is 17.6 Å². The van der Waals surface area contributed by atoms with Gasteiger partial charge in [-0.25, -0.2) is 8.42 Å². The summed E-state index contributed by atoms with van der Waals surface area (Å²) >= 11 is 1.22. The lowest BCUT2D eigenvalue weighted by Crippen LogP contribution is -2.40. The molecule has 2 aliphatic rings. The minimum absolute atomic E-state index is 0.0733. The molecule has 2 aliphatic heterocycles. The molecule has 3 heterocycles. The van der Waals surface area contributed by atoms with Crippen LogP contribution in [0.15, 0.2) is 9.64 Å². The summed E-state index contributed by atoms with van der Waals surface area (Å²) in [6.45, 7) is 3.79. The van der Waals surface area contributed by atoms with Gasteiger partial charge in [-0.3, -0.25) is 4.79 Å². The average Bonchev–Trinajstić information content (AvgIpc) is 3.11. The smallest absolute Gasteiger partial charge is 0.277 e. The summed E-state index contributed by atoms with van der Waals surface area (Å²) in [6, 6.07) is 0. The van der Waals surface area contributed by atoms with Crippen LogP contribution >= 0.6 is 11.8 Å². The Morgan fingerprint density at radius 3 is 2.91 bits per heavy atom. The molecule has 0 N–H and O–H groups in total. The normalized spacial score (nSPS) is 27.3. The highest BCUT2D eigenvalue weighted by atomic mass is 32.2. The molecule has 23 heavy (non-hydrogen) atoms. The maximum absolute atomic E-state index is 12.2. The molecule has 0 aromatic carbocycles. The van der Waals surface area contributed by atoms with Crippen molar-refractivity contribution in [1.82, 2.24) is 15.1 Å². The van der Waals surface area contributed by atoms with E-state index in [-0.39, 0.29) is 29.1 Å². The van der Waals surface area contributed by atoms with Gasteiger partial charge in [0.15, 0.2) is 9.84 Å². The molecule has 9 heteroatoms. The van der Waals surface area contributed by atoms with Crippen molar-refractivity contribution in [2.24, 2.45) is 5.92 Å². The van der Waals surface area contributed by atoms with Crippen molar-refractivity contribution in [2.45, 2.75) is 37.3 Å². The van der Waals surface area contributed by atoms with Gasteiger partial charge >= 0.3 is 0 Å². The van der Waals surface area contributed by atoms with Gasteiger partial charge in [0.1, 0.15) is 0 Å². The predicted molar refractivity (Wildman–Crippen MR) is 86.0 cm³/mol. The van der Waals surface area contributed by atoms with E-state index in [4.69, 9.17) is 4.42 Å². The van der Waals surface area contributed by atoms with Crippen LogP contribution in [0.5, 0.6) is 0 Å².